The molecule has 0 aromatic rings. The molecule has 2 N–H and O–H groups in total. The molecule has 4 heteroatoms. The second kappa shape index (κ2) is 7.76. The normalized spacial score (nSPS) is 7.67. The van der Waals surface area contributed by atoms with Gasteiger partial charge in [-0.3, -0.25) is 0 Å². The van der Waals surface area contributed by atoms with Gasteiger partial charge in [0.15, 0.2) is 0 Å². The van der Waals surface area contributed by atoms with E-state index in [1.54, 1.807) is 0 Å². The second-order valence-electron chi connectivity index (χ2n) is 1.59. The standard InChI is InChI=1S/C5H11NO2.Ni/c1-2-3-4-6-5(7)8;/h6H,2-4H2,1H3,(H,7,8);. The van der Waals surface area contributed by atoms with E-state index in [4.69, 9.17) is 5.11 Å². The van der Waals surface area contributed by atoms with Crippen LogP contribution in [-0.2, 0) is 16.5 Å². The molecule has 9 heavy (non-hydrogen) atoms. The van der Waals surface area contributed by atoms with E-state index in [1.807, 2.05) is 6.92 Å². The van der Waals surface area contributed by atoms with E-state index in [0.29, 0.717) is 6.54 Å². The van der Waals surface area contributed by atoms with E-state index < -0.39 is 6.09 Å². The van der Waals surface area contributed by atoms with Crippen LogP contribution in [0, 0.1) is 0 Å². The Morgan fingerprint density at radius 2 is 2.22 bits per heavy atom. The van der Waals surface area contributed by atoms with Crippen molar-refractivity contribution in [3.63, 3.8) is 0 Å². The molecule has 0 aromatic heterocycles. The minimum atomic E-state index is -0.932. The molecule has 3 nitrogen and oxygen atoms in total. The summed E-state index contributed by atoms with van der Waals surface area (Å²) in [5, 5.41) is 10.3. The fourth-order valence-corrected chi connectivity index (χ4v) is 0.372. The Bertz CT molecular complexity index is 77.4. The zero-order chi connectivity index (χ0) is 6.41. The minimum Gasteiger partial charge on any atom is -0.465 e. The van der Waals surface area contributed by atoms with E-state index in [0.717, 1.165) is 12.8 Å². The summed E-state index contributed by atoms with van der Waals surface area (Å²) in [5.74, 6) is 0. The van der Waals surface area contributed by atoms with Gasteiger partial charge in [0.25, 0.3) is 0 Å². The molecule has 0 saturated heterocycles. The van der Waals surface area contributed by atoms with Gasteiger partial charge in [-0.15, -0.1) is 0 Å². The molecule has 0 spiro atoms. The molecular formula is C5H11NNiO2. The summed E-state index contributed by atoms with van der Waals surface area (Å²) in [5.41, 5.74) is 0. The van der Waals surface area contributed by atoms with Crippen molar-refractivity contribution in [3.05, 3.63) is 0 Å². The van der Waals surface area contributed by atoms with Crippen LogP contribution in [0.5, 0.6) is 0 Å². The van der Waals surface area contributed by atoms with Crippen molar-refractivity contribution in [2.75, 3.05) is 6.54 Å². The summed E-state index contributed by atoms with van der Waals surface area (Å²) in [6, 6.07) is 0. The zero-order valence-electron chi connectivity index (χ0n) is 5.29. The number of carboxylic acid groups (broad SMARTS) is 1. The molecule has 0 unspecified atom stereocenters. The predicted molar refractivity (Wildman–Crippen MR) is 30.9 cm³/mol. The van der Waals surface area contributed by atoms with E-state index in [2.05, 4.69) is 5.32 Å². The number of hydrogen-bond donors (Lipinski definition) is 2. The monoisotopic (exact) mass is 175 g/mol. The second-order valence-corrected chi connectivity index (χ2v) is 1.59. The van der Waals surface area contributed by atoms with Gasteiger partial charge < -0.3 is 10.4 Å². The number of nitrogens with one attached hydrogen (secondary N) is 1. The van der Waals surface area contributed by atoms with Gasteiger partial charge >= 0.3 is 6.09 Å². The molecule has 1 amide bonds. The molecule has 0 atom stereocenters. The van der Waals surface area contributed by atoms with Crippen molar-refractivity contribution >= 4 is 6.09 Å². The van der Waals surface area contributed by atoms with Crippen LogP contribution in [0.25, 0.3) is 0 Å². The third-order valence-electron chi connectivity index (χ3n) is 0.807. The van der Waals surface area contributed by atoms with Crippen LogP contribution < -0.4 is 5.32 Å². The summed E-state index contributed by atoms with van der Waals surface area (Å²) < 4.78 is 0. The van der Waals surface area contributed by atoms with Crippen LogP contribution in [0.2, 0.25) is 0 Å². The third-order valence-corrected chi connectivity index (χ3v) is 0.807. The van der Waals surface area contributed by atoms with Crippen molar-refractivity contribution < 1.29 is 26.4 Å². The predicted octanol–water partition coefficient (Wildman–Crippen LogP) is 1.05. The summed E-state index contributed by atoms with van der Waals surface area (Å²) in [4.78, 5) is 9.76. The van der Waals surface area contributed by atoms with Crippen molar-refractivity contribution in [1.29, 1.82) is 0 Å². The quantitative estimate of drug-likeness (QED) is 0.498. The summed E-state index contributed by atoms with van der Waals surface area (Å²) in [6.07, 6.45) is 1.02. The molecule has 0 heterocycles. The van der Waals surface area contributed by atoms with E-state index in [1.165, 1.54) is 0 Å². The Balaban J connectivity index is 0. The Morgan fingerprint density at radius 3 is 2.56 bits per heavy atom. The van der Waals surface area contributed by atoms with Gasteiger partial charge in [0.05, 0.1) is 0 Å². The van der Waals surface area contributed by atoms with Crippen molar-refractivity contribution in [2.24, 2.45) is 0 Å². The average molecular weight is 176 g/mol. The maximum Gasteiger partial charge on any atom is 0.404 e. The van der Waals surface area contributed by atoms with Gasteiger partial charge in [0.2, 0.25) is 0 Å². The number of unbranched alkanes of at least 4 members (excludes halogenated alkanes) is 1. The fraction of sp³-hybridized carbons (Fsp3) is 0.800. The SMILES string of the molecule is CCCCNC(=O)O.[Ni]. The third kappa shape index (κ3) is 11.4. The Morgan fingerprint density at radius 1 is 1.67 bits per heavy atom. The molecule has 0 rings (SSSR count). The first-order chi connectivity index (χ1) is 3.77. The number of amides is 1. The fourth-order valence-electron chi connectivity index (χ4n) is 0.372. The zero-order valence-corrected chi connectivity index (χ0v) is 6.28. The maximum atomic E-state index is 9.76. The van der Waals surface area contributed by atoms with Crippen LogP contribution in [0.4, 0.5) is 4.79 Å². The van der Waals surface area contributed by atoms with Gasteiger partial charge in [-0.25, -0.2) is 4.79 Å². The van der Waals surface area contributed by atoms with E-state index in [9.17, 15) is 4.79 Å². The van der Waals surface area contributed by atoms with Crippen LogP contribution in [0.1, 0.15) is 19.8 Å². The van der Waals surface area contributed by atoms with E-state index in [-0.39, 0.29) is 16.5 Å². The first kappa shape index (κ1) is 11.5. The van der Waals surface area contributed by atoms with Crippen LogP contribution >= 0.6 is 0 Å². The molecule has 0 aliphatic carbocycles. The summed E-state index contributed by atoms with van der Waals surface area (Å²) in [6.45, 7) is 2.59. The molecule has 0 bridgehead atoms. The average Bonchev–Trinajstić information content (AvgIpc) is 1.66. The van der Waals surface area contributed by atoms with Crippen LogP contribution in [0.3, 0.4) is 0 Å². The summed E-state index contributed by atoms with van der Waals surface area (Å²) >= 11 is 0. The van der Waals surface area contributed by atoms with Gasteiger partial charge in [0, 0.05) is 23.0 Å². The molecule has 0 aliphatic heterocycles. The number of carbonyl (C=O) groups is 1. The number of hydrogen-bond acceptors (Lipinski definition) is 1. The Kier molecular flexibility index (Phi) is 9.96. The Labute approximate surface area is 64.8 Å². The van der Waals surface area contributed by atoms with Crippen molar-refractivity contribution in [1.82, 2.24) is 5.32 Å². The van der Waals surface area contributed by atoms with Crippen molar-refractivity contribution in [3.8, 4) is 0 Å². The molecule has 0 saturated carbocycles. The van der Waals surface area contributed by atoms with Gasteiger partial charge in [-0.1, -0.05) is 13.3 Å². The smallest absolute Gasteiger partial charge is 0.404 e. The van der Waals surface area contributed by atoms with Gasteiger partial charge in [0.1, 0.15) is 0 Å². The molecular weight excluding hydrogens is 165 g/mol. The summed E-state index contributed by atoms with van der Waals surface area (Å²) in [7, 11) is 0. The molecule has 0 radical (unpaired) electrons. The van der Waals surface area contributed by atoms with Crippen molar-refractivity contribution in [2.45, 2.75) is 19.8 Å². The Hall–Kier alpha value is -0.236. The molecule has 0 fully saturated rings. The van der Waals surface area contributed by atoms with E-state index >= 15 is 0 Å². The molecule has 0 aliphatic rings. The molecule has 58 valence electrons. The largest absolute Gasteiger partial charge is 0.465 e. The number of rotatable bonds is 3. The maximum absolute atomic E-state index is 9.76. The minimum absolute atomic E-state index is 0. The first-order valence-electron chi connectivity index (χ1n) is 2.74. The van der Waals surface area contributed by atoms with Gasteiger partial charge in [-0.2, -0.15) is 0 Å². The van der Waals surface area contributed by atoms with Gasteiger partial charge in [-0.05, 0) is 6.42 Å². The first-order valence-corrected chi connectivity index (χ1v) is 2.74. The van der Waals surface area contributed by atoms with Crippen LogP contribution in [-0.4, -0.2) is 17.7 Å². The molecule has 0 aromatic carbocycles. The van der Waals surface area contributed by atoms with Crippen LogP contribution in [0.15, 0.2) is 0 Å². The topological polar surface area (TPSA) is 49.3 Å².